The number of aryl methyl sites for hydroxylation is 1. The molecule has 2 aromatic rings. The van der Waals surface area contributed by atoms with E-state index in [1.54, 1.807) is 12.3 Å². The summed E-state index contributed by atoms with van der Waals surface area (Å²) < 4.78 is 0. The number of aromatic amines is 1. The summed E-state index contributed by atoms with van der Waals surface area (Å²) in [5.74, 6) is -0.498. The van der Waals surface area contributed by atoms with E-state index >= 15 is 0 Å². The molecule has 5 nitrogen and oxygen atoms in total. The lowest BCUT2D eigenvalue weighted by Gasteiger charge is -2.26. The smallest absolute Gasteiger partial charge is 0.265 e. The van der Waals surface area contributed by atoms with Crippen LogP contribution in [-0.4, -0.2) is 16.8 Å². The van der Waals surface area contributed by atoms with E-state index in [0.29, 0.717) is 11.4 Å². The molecule has 1 spiro atoms. The van der Waals surface area contributed by atoms with Crippen LogP contribution in [0.25, 0.3) is 0 Å². The van der Waals surface area contributed by atoms with Gasteiger partial charge in [0.25, 0.3) is 5.91 Å². The van der Waals surface area contributed by atoms with Crippen molar-refractivity contribution in [1.82, 2.24) is 4.98 Å². The number of nitrogens with one attached hydrogen (secondary N) is 2. The fourth-order valence-electron chi connectivity index (χ4n) is 4.01. The molecule has 0 aliphatic heterocycles. The van der Waals surface area contributed by atoms with Gasteiger partial charge in [0, 0.05) is 17.5 Å². The number of primary amides is 1. The van der Waals surface area contributed by atoms with E-state index in [9.17, 15) is 9.59 Å². The number of aromatic nitrogens is 1. The molecule has 2 aliphatic rings. The standard InChI is InChI=1S/C18H19N3O2/c19-16(22)15-8-12(10-20-15)21-17(23)14-9-18(14)7-3-5-11-4-1-2-6-13(11)18/h1-2,4,6,8,10,14,20H,3,5,7,9H2,(H2,19,22)(H,21,23)/t14-,18+/m0/s1. The fraction of sp³-hybridized carbons (Fsp3) is 0.333. The maximum absolute atomic E-state index is 12.6. The minimum atomic E-state index is -0.533. The van der Waals surface area contributed by atoms with E-state index in [-0.39, 0.29) is 17.2 Å². The number of amides is 2. The highest BCUT2D eigenvalue weighted by molar-refractivity contribution is 5.98. The number of benzene rings is 1. The molecule has 5 heteroatoms. The van der Waals surface area contributed by atoms with Crippen molar-refractivity contribution >= 4 is 17.5 Å². The van der Waals surface area contributed by atoms with Crippen molar-refractivity contribution in [3.8, 4) is 0 Å². The Labute approximate surface area is 134 Å². The van der Waals surface area contributed by atoms with Crippen LogP contribution in [0, 0.1) is 5.92 Å². The molecule has 0 saturated heterocycles. The van der Waals surface area contributed by atoms with Crippen molar-refractivity contribution in [3.05, 3.63) is 53.3 Å². The molecule has 1 aromatic heterocycles. The lowest BCUT2D eigenvalue weighted by Crippen LogP contribution is -2.24. The highest BCUT2D eigenvalue weighted by atomic mass is 16.2. The van der Waals surface area contributed by atoms with Crippen molar-refractivity contribution in [1.29, 1.82) is 0 Å². The van der Waals surface area contributed by atoms with Gasteiger partial charge in [-0.3, -0.25) is 9.59 Å². The molecule has 118 valence electrons. The maximum Gasteiger partial charge on any atom is 0.265 e. The summed E-state index contributed by atoms with van der Waals surface area (Å²) in [5, 5.41) is 2.90. The zero-order chi connectivity index (χ0) is 16.0. The Bertz CT molecular complexity index is 795. The first kappa shape index (κ1) is 14.1. The van der Waals surface area contributed by atoms with Crippen LogP contribution in [0.5, 0.6) is 0 Å². The summed E-state index contributed by atoms with van der Waals surface area (Å²) in [6.45, 7) is 0. The first-order chi connectivity index (χ1) is 11.1. The van der Waals surface area contributed by atoms with Gasteiger partial charge in [-0.2, -0.15) is 0 Å². The molecule has 2 amide bonds. The minimum absolute atomic E-state index is 0.0101. The Morgan fingerprint density at radius 1 is 1.30 bits per heavy atom. The first-order valence-electron chi connectivity index (χ1n) is 7.98. The molecule has 4 N–H and O–H groups in total. The average Bonchev–Trinajstić information content (AvgIpc) is 3.06. The number of hydrogen-bond donors (Lipinski definition) is 3. The monoisotopic (exact) mass is 309 g/mol. The normalized spacial score (nSPS) is 25.0. The lowest BCUT2D eigenvalue weighted by atomic mass is 9.78. The number of fused-ring (bicyclic) bond motifs is 2. The molecule has 2 atom stereocenters. The molecule has 1 saturated carbocycles. The van der Waals surface area contributed by atoms with Gasteiger partial charge in [0.2, 0.25) is 5.91 Å². The van der Waals surface area contributed by atoms with Crippen LogP contribution < -0.4 is 11.1 Å². The van der Waals surface area contributed by atoms with Gasteiger partial charge in [0.05, 0.1) is 5.69 Å². The van der Waals surface area contributed by atoms with E-state index in [4.69, 9.17) is 5.73 Å². The number of nitrogens with two attached hydrogens (primary N) is 1. The average molecular weight is 309 g/mol. The topological polar surface area (TPSA) is 88.0 Å². The number of carbonyl (C=O) groups is 2. The molecule has 1 aromatic carbocycles. The van der Waals surface area contributed by atoms with Crippen LogP contribution in [0.15, 0.2) is 36.5 Å². The Morgan fingerprint density at radius 3 is 2.91 bits per heavy atom. The summed E-state index contributed by atoms with van der Waals surface area (Å²) >= 11 is 0. The molecule has 1 fully saturated rings. The second-order valence-corrected chi connectivity index (χ2v) is 6.58. The third-order valence-electron chi connectivity index (χ3n) is 5.23. The summed E-state index contributed by atoms with van der Waals surface area (Å²) in [7, 11) is 0. The molecule has 0 unspecified atom stereocenters. The molecular weight excluding hydrogens is 290 g/mol. The van der Waals surface area contributed by atoms with Crippen LogP contribution >= 0.6 is 0 Å². The minimum Gasteiger partial charge on any atom is -0.364 e. The van der Waals surface area contributed by atoms with E-state index < -0.39 is 5.91 Å². The number of rotatable bonds is 3. The number of H-pyrrole nitrogens is 1. The van der Waals surface area contributed by atoms with Gasteiger partial charge in [-0.1, -0.05) is 24.3 Å². The summed E-state index contributed by atoms with van der Waals surface area (Å²) in [6.07, 6.45) is 5.81. The molecule has 0 radical (unpaired) electrons. The SMILES string of the molecule is NC(=O)c1cc(NC(=O)[C@@H]2C[C@@]23CCCc2ccccc23)c[nH]1. The van der Waals surface area contributed by atoms with Gasteiger partial charge < -0.3 is 16.0 Å². The lowest BCUT2D eigenvalue weighted by molar-refractivity contribution is -0.117. The molecule has 0 bridgehead atoms. The van der Waals surface area contributed by atoms with Gasteiger partial charge in [0.1, 0.15) is 5.69 Å². The van der Waals surface area contributed by atoms with Crippen molar-refractivity contribution < 1.29 is 9.59 Å². The van der Waals surface area contributed by atoms with Crippen molar-refractivity contribution in [2.45, 2.75) is 31.1 Å². The Morgan fingerprint density at radius 2 is 2.13 bits per heavy atom. The van der Waals surface area contributed by atoms with Gasteiger partial charge in [-0.15, -0.1) is 0 Å². The Hall–Kier alpha value is -2.56. The maximum atomic E-state index is 12.6. The summed E-state index contributed by atoms with van der Waals surface area (Å²) in [6, 6.07) is 10.0. The highest BCUT2D eigenvalue weighted by Crippen LogP contribution is 2.60. The summed E-state index contributed by atoms with van der Waals surface area (Å²) in [5.41, 5.74) is 8.85. The van der Waals surface area contributed by atoms with Gasteiger partial charge in [-0.25, -0.2) is 0 Å². The predicted octanol–water partition coefficient (Wildman–Crippen LogP) is 2.35. The van der Waals surface area contributed by atoms with Crippen LogP contribution in [0.4, 0.5) is 5.69 Å². The number of anilines is 1. The first-order valence-corrected chi connectivity index (χ1v) is 7.98. The van der Waals surface area contributed by atoms with Gasteiger partial charge in [-0.05, 0) is 42.9 Å². The van der Waals surface area contributed by atoms with Gasteiger partial charge >= 0.3 is 0 Å². The van der Waals surface area contributed by atoms with Crippen molar-refractivity contribution in [3.63, 3.8) is 0 Å². The van der Waals surface area contributed by atoms with E-state index in [0.717, 1.165) is 25.7 Å². The second kappa shape index (κ2) is 4.98. The predicted molar refractivity (Wildman–Crippen MR) is 87.1 cm³/mol. The third kappa shape index (κ3) is 2.23. The van der Waals surface area contributed by atoms with E-state index in [1.807, 2.05) is 0 Å². The van der Waals surface area contributed by atoms with Crippen LogP contribution in [0.3, 0.4) is 0 Å². The van der Waals surface area contributed by atoms with Gasteiger partial charge in [0.15, 0.2) is 0 Å². The Balaban J connectivity index is 1.52. The second-order valence-electron chi connectivity index (χ2n) is 6.58. The quantitative estimate of drug-likeness (QED) is 0.812. The molecular formula is C18H19N3O2. The summed E-state index contributed by atoms with van der Waals surface area (Å²) in [4.78, 5) is 26.5. The third-order valence-corrected chi connectivity index (χ3v) is 5.23. The number of hydrogen-bond acceptors (Lipinski definition) is 2. The zero-order valence-corrected chi connectivity index (χ0v) is 12.8. The van der Waals surface area contributed by atoms with Crippen LogP contribution in [0.2, 0.25) is 0 Å². The Kier molecular flexibility index (Phi) is 3.04. The van der Waals surface area contributed by atoms with Crippen molar-refractivity contribution in [2.24, 2.45) is 11.7 Å². The molecule has 4 rings (SSSR count). The highest BCUT2D eigenvalue weighted by Gasteiger charge is 2.60. The molecule has 23 heavy (non-hydrogen) atoms. The van der Waals surface area contributed by atoms with Crippen LogP contribution in [-0.2, 0) is 16.6 Å². The fourth-order valence-corrected chi connectivity index (χ4v) is 4.01. The van der Waals surface area contributed by atoms with Crippen LogP contribution in [0.1, 0.15) is 40.9 Å². The largest absolute Gasteiger partial charge is 0.364 e. The zero-order valence-electron chi connectivity index (χ0n) is 12.8. The molecule has 2 aliphatic carbocycles. The molecule has 1 heterocycles. The number of carbonyl (C=O) groups excluding carboxylic acids is 2. The van der Waals surface area contributed by atoms with Crippen molar-refractivity contribution in [2.75, 3.05) is 5.32 Å². The van der Waals surface area contributed by atoms with E-state index in [1.165, 1.54) is 11.1 Å². The van der Waals surface area contributed by atoms with E-state index in [2.05, 4.69) is 34.6 Å².